The van der Waals surface area contributed by atoms with Gasteiger partial charge in [-0.2, -0.15) is 0 Å². The van der Waals surface area contributed by atoms with Crippen LogP contribution in [0.2, 0.25) is 0 Å². The first-order chi connectivity index (χ1) is 11.2. The fraction of sp³-hybridized carbons (Fsp3) is 0.350. The molecule has 0 fully saturated rings. The van der Waals surface area contributed by atoms with E-state index in [0.29, 0.717) is 6.61 Å². The van der Waals surface area contributed by atoms with Gasteiger partial charge in [0.2, 0.25) is 0 Å². The van der Waals surface area contributed by atoms with Crippen LogP contribution in [0.4, 0.5) is 0 Å². The van der Waals surface area contributed by atoms with Gasteiger partial charge in [-0.3, -0.25) is 4.79 Å². The molecule has 0 radical (unpaired) electrons. The average molecular weight is 310 g/mol. The lowest BCUT2D eigenvalue weighted by molar-refractivity contribution is -0.149. The van der Waals surface area contributed by atoms with Gasteiger partial charge in [0.15, 0.2) is 0 Å². The highest BCUT2D eigenvalue weighted by molar-refractivity contribution is 5.75. The second-order valence-corrected chi connectivity index (χ2v) is 5.85. The Bertz CT molecular complexity index is 679. The molecular weight excluding hydrogens is 288 g/mol. The van der Waals surface area contributed by atoms with Gasteiger partial charge in [-0.1, -0.05) is 36.4 Å². The van der Waals surface area contributed by atoms with Crippen molar-refractivity contribution in [3.8, 4) is 5.75 Å². The van der Waals surface area contributed by atoms with Gasteiger partial charge in [0.1, 0.15) is 5.75 Å². The van der Waals surface area contributed by atoms with Gasteiger partial charge >= 0.3 is 5.97 Å². The maximum atomic E-state index is 12.5. The zero-order chi connectivity index (χ0) is 16.2. The van der Waals surface area contributed by atoms with Crippen molar-refractivity contribution in [2.45, 2.75) is 25.7 Å². The predicted octanol–water partition coefficient (Wildman–Crippen LogP) is 3.95. The van der Waals surface area contributed by atoms with E-state index in [1.807, 2.05) is 31.2 Å². The van der Waals surface area contributed by atoms with Crippen molar-refractivity contribution in [1.82, 2.24) is 0 Å². The number of fused-ring (bicyclic) bond motifs is 1. The smallest absolute Gasteiger partial charge is 0.309 e. The summed E-state index contributed by atoms with van der Waals surface area (Å²) in [7, 11) is 1.67. The van der Waals surface area contributed by atoms with E-state index in [9.17, 15) is 4.79 Å². The molecule has 0 aliphatic heterocycles. The van der Waals surface area contributed by atoms with Crippen molar-refractivity contribution >= 4 is 5.97 Å². The minimum Gasteiger partial charge on any atom is -0.497 e. The van der Waals surface area contributed by atoms with Crippen LogP contribution in [0.3, 0.4) is 0 Å². The van der Waals surface area contributed by atoms with Crippen LogP contribution >= 0.6 is 0 Å². The highest BCUT2D eigenvalue weighted by Crippen LogP contribution is 2.42. The average Bonchev–Trinajstić information content (AvgIpc) is 2.61. The summed E-state index contributed by atoms with van der Waals surface area (Å²) in [6.45, 7) is 2.27. The number of rotatable bonds is 4. The first-order valence-electron chi connectivity index (χ1n) is 8.13. The largest absolute Gasteiger partial charge is 0.497 e. The number of carbonyl (C=O) groups is 1. The lowest BCUT2D eigenvalue weighted by Gasteiger charge is -2.33. The Kier molecular flexibility index (Phi) is 4.65. The molecule has 2 aromatic rings. The molecule has 23 heavy (non-hydrogen) atoms. The molecule has 0 heterocycles. The minimum atomic E-state index is -0.142. The summed E-state index contributed by atoms with van der Waals surface area (Å²) in [5.74, 6) is 0.607. The second kappa shape index (κ2) is 6.86. The lowest BCUT2D eigenvalue weighted by Crippen LogP contribution is -2.30. The molecule has 0 saturated heterocycles. The van der Waals surface area contributed by atoms with Gasteiger partial charge in [0.05, 0.1) is 19.6 Å². The Morgan fingerprint density at radius 2 is 1.96 bits per heavy atom. The standard InChI is InChI=1S/C20H22O3/c1-3-23-20(21)17-12-10-14-9-11-16(22-2)13-18(14)19(17)15-7-5-4-6-8-15/h4-9,11,13,17,19H,3,10,12H2,1-2H3/t17-,19+/m1/s1. The molecule has 3 nitrogen and oxygen atoms in total. The van der Waals surface area contributed by atoms with E-state index < -0.39 is 0 Å². The number of carbonyl (C=O) groups excluding carboxylic acids is 1. The zero-order valence-electron chi connectivity index (χ0n) is 13.6. The Hall–Kier alpha value is -2.29. The molecule has 1 aliphatic rings. The van der Waals surface area contributed by atoms with Crippen molar-refractivity contribution in [1.29, 1.82) is 0 Å². The molecule has 0 spiro atoms. The molecule has 3 rings (SSSR count). The molecule has 0 saturated carbocycles. The molecular formula is C20H22O3. The number of hydrogen-bond donors (Lipinski definition) is 0. The Balaban J connectivity index is 2.08. The van der Waals surface area contributed by atoms with Crippen molar-refractivity contribution < 1.29 is 14.3 Å². The number of benzene rings is 2. The molecule has 1 aliphatic carbocycles. The van der Waals surface area contributed by atoms with Crippen molar-refractivity contribution in [3.05, 3.63) is 65.2 Å². The molecule has 2 aromatic carbocycles. The normalized spacial score (nSPS) is 19.7. The third-order valence-electron chi connectivity index (χ3n) is 4.56. The maximum absolute atomic E-state index is 12.5. The third kappa shape index (κ3) is 3.09. The summed E-state index contributed by atoms with van der Waals surface area (Å²) < 4.78 is 10.7. The van der Waals surface area contributed by atoms with Crippen LogP contribution in [0.25, 0.3) is 0 Å². The quantitative estimate of drug-likeness (QED) is 0.802. The number of aryl methyl sites for hydroxylation is 1. The summed E-state index contributed by atoms with van der Waals surface area (Å²) in [4.78, 5) is 12.5. The Morgan fingerprint density at radius 3 is 2.65 bits per heavy atom. The van der Waals surface area contributed by atoms with E-state index in [0.717, 1.165) is 24.2 Å². The predicted molar refractivity (Wildman–Crippen MR) is 89.7 cm³/mol. The summed E-state index contributed by atoms with van der Waals surface area (Å²) in [6.07, 6.45) is 1.71. The second-order valence-electron chi connectivity index (χ2n) is 5.85. The van der Waals surface area contributed by atoms with Gasteiger partial charge in [-0.05, 0) is 48.6 Å². The van der Waals surface area contributed by atoms with Gasteiger partial charge < -0.3 is 9.47 Å². The molecule has 0 N–H and O–H groups in total. The highest BCUT2D eigenvalue weighted by atomic mass is 16.5. The molecule has 0 unspecified atom stereocenters. The van der Waals surface area contributed by atoms with Crippen molar-refractivity contribution in [3.63, 3.8) is 0 Å². The molecule has 0 aromatic heterocycles. The van der Waals surface area contributed by atoms with Crippen LogP contribution < -0.4 is 4.74 Å². The van der Waals surface area contributed by atoms with E-state index in [1.165, 1.54) is 11.1 Å². The van der Waals surface area contributed by atoms with Gasteiger partial charge in [-0.15, -0.1) is 0 Å². The van der Waals surface area contributed by atoms with Crippen LogP contribution in [-0.2, 0) is 16.0 Å². The van der Waals surface area contributed by atoms with Crippen LogP contribution in [0.1, 0.15) is 36.0 Å². The number of hydrogen-bond acceptors (Lipinski definition) is 3. The number of esters is 1. The summed E-state index contributed by atoms with van der Waals surface area (Å²) in [5.41, 5.74) is 3.62. The Labute approximate surface area is 137 Å². The molecule has 0 bridgehead atoms. The SMILES string of the molecule is CCOC(=O)[C@@H]1CCc2ccc(OC)cc2[C@H]1c1ccccc1. The van der Waals surface area contributed by atoms with Gasteiger partial charge in [0, 0.05) is 5.92 Å². The molecule has 2 atom stereocenters. The van der Waals surface area contributed by atoms with E-state index in [2.05, 4.69) is 24.3 Å². The van der Waals surface area contributed by atoms with E-state index in [4.69, 9.17) is 9.47 Å². The van der Waals surface area contributed by atoms with E-state index in [1.54, 1.807) is 7.11 Å². The summed E-state index contributed by atoms with van der Waals surface area (Å²) >= 11 is 0. The topological polar surface area (TPSA) is 35.5 Å². The fourth-order valence-corrected chi connectivity index (χ4v) is 3.49. The molecule has 0 amide bonds. The van der Waals surface area contributed by atoms with Crippen LogP contribution in [0, 0.1) is 5.92 Å². The Morgan fingerprint density at radius 1 is 1.17 bits per heavy atom. The van der Waals surface area contributed by atoms with Crippen LogP contribution in [0.5, 0.6) is 5.75 Å². The van der Waals surface area contributed by atoms with Gasteiger partial charge in [0.25, 0.3) is 0 Å². The summed E-state index contributed by atoms with van der Waals surface area (Å²) in [5, 5.41) is 0. The summed E-state index contributed by atoms with van der Waals surface area (Å²) in [6, 6.07) is 16.4. The fourth-order valence-electron chi connectivity index (χ4n) is 3.49. The minimum absolute atomic E-state index is 0.0223. The molecule has 3 heteroatoms. The monoisotopic (exact) mass is 310 g/mol. The van der Waals surface area contributed by atoms with Crippen molar-refractivity contribution in [2.24, 2.45) is 5.92 Å². The van der Waals surface area contributed by atoms with Crippen molar-refractivity contribution in [2.75, 3.05) is 13.7 Å². The van der Waals surface area contributed by atoms with Crippen LogP contribution in [0.15, 0.2) is 48.5 Å². The number of methoxy groups -OCH3 is 1. The van der Waals surface area contributed by atoms with E-state index >= 15 is 0 Å². The zero-order valence-corrected chi connectivity index (χ0v) is 13.6. The first kappa shape index (κ1) is 15.6. The molecule has 120 valence electrons. The number of ether oxygens (including phenoxy) is 2. The van der Waals surface area contributed by atoms with E-state index in [-0.39, 0.29) is 17.8 Å². The van der Waals surface area contributed by atoms with Gasteiger partial charge in [-0.25, -0.2) is 0 Å². The third-order valence-corrected chi connectivity index (χ3v) is 4.56. The van der Waals surface area contributed by atoms with Crippen LogP contribution in [-0.4, -0.2) is 19.7 Å². The maximum Gasteiger partial charge on any atom is 0.309 e. The lowest BCUT2D eigenvalue weighted by atomic mass is 9.72. The highest BCUT2D eigenvalue weighted by Gasteiger charge is 2.36. The first-order valence-corrected chi connectivity index (χ1v) is 8.13.